The number of thioether (sulfide) groups is 1. The van der Waals surface area contributed by atoms with Gasteiger partial charge in [-0.15, -0.1) is 0 Å². The van der Waals surface area contributed by atoms with Crippen LogP contribution in [0.3, 0.4) is 0 Å². The van der Waals surface area contributed by atoms with Crippen molar-refractivity contribution in [3.8, 4) is 0 Å². The number of nitrogens with zero attached hydrogens (tertiary/aromatic N) is 1. The summed E-state index contributed by atoms with van der Waals surface area (Å²) in [6, 6.07) is -5.70. The van der Waals surface area contributed by atoms with E-state index in [0.29, 0.717) is 12.2 Å². The minimum Gasteiger partial charge on any atom is -0.481 e. The van der Waals surface area contributed by atoms with Gasteiger partial charge in [-0.25, -0.2) is 4.79 Å². The summed E-state index contributed by atoms with van der Waals surface area (Å²) in [6.45, 7) is 0.195. The van der Waals surface area contributed by atoms with Crippen molar-refractivity contribution in [2.24, 2.45) is 27.9 Å². The number of nitrogens with one attached hydrogen (secondary N) is 3. The molecule has 0 aliphatic carbocycles. The van der Waals surface area contributed by atoms with Crippen molar-refractivity contribution in [1.29, 1.82) is 0 Å². The minimum atomic E-state index is -1.66. The number of hydrogen-bond acceptors (Lipinski definition) is 9. The van der Waals surface area contributed by atoms with Crippen LogP contribution in [-0.2, 0) is 28.8 Å². The van der Waals surface area contributed by atoms with Crippen LogP contribution in [0.2, 0.25) is 0 Å². The molecule has 0 bridgehead atoms. The molecule has 4 unspecified atom stereocenters. The second-order valence-electron chi connectivity index (χ2n) is 7.63. The van der Waals surface area contributed by atoms with E-state index < -0.39 is 72.6 Å². The number of carbonyl (C=O) groups excluding carboxylic acids is 4. The van der Waals surface area contributed by atoms with Gasteiger partial charge in [-0.2, -0.15) is 11.8 Å². The van der Waals surface area contributed by atoms with Gasteiger partial charge >= 0.3 is 11.9 Å². The summed E-state index contributed by atoms with van der Waals surface area (Å²) in [5.74, 6) is -6.48. The van der Waals surface area contributed by atoms with Crippen molar-refractivity contribution >= 4 is 53.3 Å². The molecule has 0 saturated heterocycles. The van der Waals surface area contributed by atoms with Crippen molar-refractivity contribution in [3.05, 3.63) is 0 Å². The van der Waals surface area contributed by atoms with Crippen LogP contribution in [0.25, 0.3) is 0 Å². The Hall–Kier alpha value is -3.60. The zero-order valence-electron chi connectivity index (χ0n) is 19.8. The van der Waals surface area contributed by atoms with Crippen LogP contribution in [0.4, 0.5) is 0 Å². The third kappa shape index (κ3) is 14.0. The summed E-state index contributed by atoms with van der Waals surface area (Å²) in [5.41, 5.74) is 21.3. The molecule has 0 aromatic heterocycles. The van der Waals surface area contributed by atoms with Gasteiger partial charge in [0.05, 0.1) is 18.9 Å². The Morgan fingerprint density at radius 2 is 1.36 bits per heavy atom. The Kier molecular flexibility index (Phi) is 15.2. The molecule has 0 spiro atoms. The van der Waals surface area contributed by atoms with Crippen LogP contribution in [0.1, 0.15) is 32.1 Å². The summed E-state index contributed by atoms with van der Waals surface area (Å²) in [6.07, 6.45) is 0.675. The fraction of sp³-hybridized carbons (Fsp3) is 0.632. The number of carboxylic acid groups (broad SMARTS) is 2. The van der Waals surface area contributed by atoms with E-state index in [1.807, 2.05) is 0 Å². The van der Waals surface area contributed by atoms with E-state index in [1.165, 1.54) is 11.8 Å². The molecular weight excluding hydrogens is 500 g/mol. The van der Waals surface area contributed by atoms with E-state index in [-0.39, 0.29) is 25.3 Å². The number of aliphatic carboxylic acids is 2. The molecule has 0 rings (SSSR count). The number of primary amides is 1. The first-order chi connectivity index (χ1) is 16.8. The molecule has 4 atom stereocenters. The van der Waals surface area contributed by atoms with Crippen LogP contribution >= 0.6 is 11.8 Å². The molecular formula is C19H34N8O8S. The predicted octanol–water partition coefficient (Wildman–Crippen LogP) is -3.99. The topological polar surface area (TPSA) is 295 Å². The lowest BCUT2D eigenvalue weighted by Gasteiger charge is -2.24. The van der Waals surface area contributed by atoms with Gasteiger partial charge in [0.1, 0.15) is 18.1 Å². The average Bonchev–Trinajstić information content (AvgIpc) is 2.77. The molecule has 13 N–H and O–H groups in total. The van der Waals surface area contributed by atoms with Gasteiger partial charge in [-0.05, 0) is 31.3 Å². The van der Waals surface area contributed by atoms with E-state index >= 15 is 0 Å². The predicted molar refractivity (Wildman–Crippen MR) is 130 cm³/mol. The lowest BCUT2D eigenvalue weighted by atomic mass is 10.1. The van der Waals surface area contributed by atoms with Crippen LogP contribution in [0, 0.1) is 0 Å². The summed E-state index contributed by atoms with van der Waals surface area (Å²) < 4.78 is 0. The standard InChI is InChI=1S/C19H34N8O8S/c1-36-6-4-10(18(34)35)25-16(32)11(7-13(21)28)27-17(33)12(8-14(29)30)26-15(31)9(20)3-2-5-24-19(22)23/h9-12H,2-8,20H2,1H3,(H2,21,28)(H,25,32)(H,26,31)(H,27,33)(H,29,30)(H,34,35)(H4,22,23,24). The number of amides is 4. The lowest BCUT2D eigenvalue weighted by molar-refractivity contribution is -0.143. The first kappa shape index (κ1) is 32.4. The second kappa shape index (κ2) is 16.9. The third-order valence-electron chi connectivity index (χ3n) is 4.58. The second-order valence-corrected chi connectivity index (χ2v) is 8.61. The molecule has 0 aromatic rings. The zero-order valence-corrected chi connectivity index (χ0v) is 20.6. The molecule has 0 aromatic carbocycles. The number of carboxylic acids is 2. The summed E-state index contributed by atoms with van der Waals surface area (Å²) in [4.78, 5) is 75.5. The largest absolute Gasteiger partial charge is 0.481 e. The molecule has 16 nitrogen and oxygen atoms in total. The number of nitrogens with two attached hydrogens (primary N) is 4. The highest BCUT2D eigenvalue weighted by Gasteiger charge is 2.32. The Bertz CT molecular complexity index is 836. The van der Waals surface area contributed by atoms with Gasteiger partial charge < -0.3 is 49.1 Å². The van der Waals surface area contributed by atoms with Crippen LogP contribution in [-0.4, -0.2) is 94.5 Å². The Morgan fingerprint density at radius 3 is 1.83 bits per heavy atom. The number of carbonyl (C=O) groups is 6. The number of rotatable bonds is 18. The van der Waals surface area contributed by atoms with E-state index in [9.17, 15) is 33.9 Å². The fourth-order valence-corrected chi connectivity index (χ4v) is 3.23. The van der Waals surface area contributed by atoms with E-state index in [4.69, 9.17) is 28.0 Å². The summed E-state index contributed by atoms with van der Waals surface area (Å²) >= 11 is 1.35. The van der Waals surface area contributed by atoms with E-state index in [0.717, 1.165) is 0 Å². The van der Waals surface area contributed by atoms with Gasteiger partial charge in [0.2, 0.25) is 23.6 Å². The number of aliphatic imine (C=N–C) groups is 1. The molecule has 0 radical (unpaired) electrons. The molecule has 36 heavy (non-hydrogen) atoms. The molecule has 17 heteroatoms. The minimum absolute atomic E-state index is 0.0677. The van der Waals surface area contributed by atoms with Crippen molar-refractivity contribution in [2.45, 2.75) is 56.3 Å². The first-order valence-corrected chi connectivity index (χ1v) is 12.1. The highest BCUT2D eigenvalue weighted by atomic mass is 32.2. The number of hydrogen-bond donors (Lipinski definition) is 9. The Morgan fingerprint density at radius 1 is 0.833 bits per heavy atom. The Labute approximate surface area is 211 Å². The van der Waals surface area contributed by atoms with Crippen molar-refractivity contribution in [1.82, 2.24) is 16.0 Å². The molecule has 0 aliphatic heterocycles. The van der Waals surface area contributed by atoms with Gasteiger partial charge in [0, 0.05) is 6.54 Å². The molecule has 0 aliphatic rings. The van der Waals surface area contributed by atoms with Crippen molar-refractivity contribution in [3.63, 3.8) is 0 Å². The monoisotopic (exact) mass is 534 g/mol. The molecule has 204 valence electrons. The molecule has 4 amide bonds. The highest BCUT2D eigenvalue weighted by molar-refractivity contribution is 7.98. The zero-order chi connectivity index (χ0) is 27.8. The maximum atomic E-state index is 12.7. The first-order valence-electron chi connectivity index (χ1n) is 10.7. The van der Waals surface area contributed by atoms with Gasteiger partial charge in [-0.3, -0.25) is 29.0 Å². The average molecular weight is 535 g/mol. The van der Waals surface area contributed by atoms with Crippen LogP contribution in [0.15, 0.2) is 4.99 Å². The van der Waals surface area contributed by atoms with Gasteiger partial charge in [0.25, 0.3) is 0 Å². The van der Waals surface area contributed by atoms with E-state index in [2.05, 4.69) is 20.9 Å². The van der Waals surface area contributed by atoms with Crippen LogP contribution in [0.5, 0.6) is 0 Å². The summed E-state index contributed by atoms with van der Waals surface area (Å²) in [7, 11) is 0. The van der Waals surface area contributed by atoms with Crippen molar-refractivity contribution in [2.75, 3.05) is 18.6 Å². The summed E-state index contributed by atoms with van der Waals surface area (Å²) in [5, 5.41) is 25.0. The Balaban J connectivity index is 5.41. The van der Waals surface area contributed by atoms with Gasteiger partial charge in [-0.1, -0.05) is 0 Å². The van der Waals surface area contributed by atoms with Gasteiger partial charge in [0.15, 0.2) is 5.96 Å². The third-order valence-corrected chi connectivity index (χ3v) is 5.22. The molecule has 0 heterocycles. The maximum absolute atomic E-state index is 12.7. The lowest BCUT2D eigenvalue weighted by Crippen LogP contribution is -2.58. The van der Waals surface area contributed by atoms with Crippen molar-refractivity contribution < 1.29 is 39.0 Å². The fourth-order valence-electron chi connectivity index (χ4n) is 2.76. The highest BCUT2D eigenvalue weighted by Crippen LogP contribution is 2.04. The smallest absolute Gasteiger partial charge is 0.326 e. The normalized spacial score (nSPS) is 13.8. The quantitative estimate of drug-likeness (QED) is 0.0462. The molecule has 0 fully saturated rings. The maximum Gasteiger partial charge on any atom is 0.326 e. The van der Waals surface area contributed by atoms with E-state index in [1.54, 1.807) is 6.26 Å². The molecule has 0 saturated carbocycles. The SMILES string of the molecule is CSCCC(NC(=O)C(CC(N)=O)NC(=O)C(CC(=O)O)NC(=O)C(N)CCCN=C(N)N)C(=O)O. The number of guanidine groups is 1. The van der Waals surface area contributed by atoms with Crippen LogP contribution < -0.4 is 38.9 Å².